The predicted molar refractivity (Wildman–Crippen MR) is 102 cm³/mol. The van der Waals surface area contributed by atoms with Crippen LogP contribution in [-0.4, -0.2) is 14.5 Å². The van der Waals surface area contributed by atoms with Crippen LogP contribution < -0.4 is 5.56 Å². The maximum atomic E-state index is 12.8. The summed E-state index contributed by atoms with van der Waals surface area (Å²) in [6, 6.07) is 9.87. The van der Waals surface area contributed by atoms with Crippen LogP contribution >= 0.6 is 34.4 Å². The standard InChI is InChI=1S/C17H13N3OS3/c1-20-16(21)14-12(13-6-4-8-22-13)10-23-15(14)19-17(20)24-9-11-5-2-3-7-18-11/h2-8,10H,9H2,1H3. The van der Waals surface area contributed by atoms with E-state index in [1.54, 1.807) is 29.1 Å². The molecule has 0 atom stereocenters. The Balaban J connectivity index is 1.74. The average molecular weight is 372 g/mol. The van der Waals surface area contributed by atoms with E-state index in [9.17, 15) is 4.79 Å². The smallest absolute Gasteiger partial charge is 0.263 e. The first-order valence-electron chi connectivity index (χ1n) is 7.29. The molecule has 0 unspecified atom stereocenters. The molecule has 7 heteroatoms. The molecule has 0 amide bonds. The van der Waals surface area contributed by atoms with Gasteiger partial charge >= 0.3 is 0 Å². The summed E-state index contributed by atoms with van der Waals surface area (Å²) in [6.07, 6.45) is 1.78. The van der Waals surface area contributed by atoms with Crippen LogP contribution in [0.3, 0.4) is 0 Å². The average Bonchev–Trinajstić information content (AvgIpc) is 3.27. The normalized spacial score (nSPS) is 11.2. The highest BCUT2D eigenvalue weighted by Crippen LogP contribution is 2.34. The van der Waals surface area contributed by atoms with Crippen LogP contribution in [0.1, 0.15) is 5.69 Å². The Morgan fingerprint density at radius 2 is 2.12 bits per heavy atom. The first kappa shape index (κ1) is 15.6. The van der Waals surface area contributed by atoms with E-state index >= 15 is 0 Å². The van der Waals surface area contributed by atoms with Gasteiger partial charge in [-0.2, -0.15) is 0 Å². The van der Waals surface area contributed by atoms with Crippen molar-refractivity contribution >= 4 is 44.7 Å². The van der Waals surface area contributed by atoms with Crippen LogP contribution in [0.15, 0.2) is 57.2 Å². The molecule has 0 radical (unpaired) electrons. The van der Waals surface area contributed by atoms with Crippen molar-refractivity contribution < 1.29 is 0 Å². The molecule has 0 aromatic carbocycles. The minimum absolute atomic E-state index is 0.00757. The second-order valence-corrected chi connectivity index (χ2v) is 7.92. The lowest BCUT2D eigenvalue weighted by molar-refractivity contribution is 0.728. The highest BCUT2D eigenvalue weighted by molar-refractivity contribution is 7.98. The number of pyridine rings is 1. The molecule has 0 aliphatic heterocycles. The Morgan fingerprint density at radius 1 is 1.21 bits per heavy atom. The SMILES string of the molecule is Cn1c(SCc2ccccn2)nc2scc(-c3cccs3)c2c1=O. The Labute approximate surface area is 150 Å². The quantitative estimate of drug-likeness (QED) is 0.394. The van der Waals surface area contributed by atoms with Gasteiger partial charge in [0.25, 0.3) is 5.56 Å². The van der Waals surface area contributed by atoms with Gasteiger partial charge in [0.05, 0.1) is 11.1 Å². The molecule has 0 saturated heterocycles. The third-order valence-electron chi connectivity index (χ3n) is 3.64. The second kappa shape index (κ2) is 6.51. The zero-order valence-corrected chi connectivity index (χ0v) is 15.3. The molecule has 24 heavy (non-hydrogen) atoms. The molecule has 0 N–H and O–H groups in total. The van der Waals surface area contributed by atoms with Crippen molar-refractivity contribution in [3.05, 3.63) is 63.3 Å². The highest BCUT2D eigenvalue weighted by Gasteiger charge is 2.16. The van der Waals surface area contributed by atoms with Crippen molar-refractivity contribution in [3.63, 3.8) is 0 Å². The molecule has 0 fully saturated rings. The summed E-state index contributed by atoms with van der Waals surface area (Å²) in [5.74, 6) is 0.690. The van der Waals surface area contributed by atoms with E-state index in [1.807, 2.05) is 41.1 Å². The molecular formula is C17H13N3OS3. The Morgan fingerprint density at radius 3 is 2.88 bits per heavy atom. The molecule has 0 saturated carbocycles. The topological polar surface area (TPSA) is 47.8 Å². The van der Waals surface area contributed by atoms with Crippen LogP contribution in [0, 0.1) is 0 Å². The fraction of sp³-hybridized carbons (Fsp3) is 0.118. The summed E-state index contributed by atoms with van der Waals surface area (Å²) in [6.45, 7) is 0. The van der Waals surface area contributed by atoms with E-state index in [-0.39, 0.29) is 5.56 Å². The van der Waals surface area contributed by atoms with Crippen LogP contribution in [0.5, 0.6) is 0 Å². The van der Waals surface area contributed by atoms with Crippen molar-refractivity contribution in [1.82, 2.24) is 14.5 Å². The van der Waals surface area contributed by atoms with Gasteiger partial charge in [-0.25, -0.2) is 4.98 Å². The Bertz CT molecular complexity index is 1040. The summed E-state index contributed by atoms with van der Waals surface area (Å²) in [4.78, 5) is 23.8. The summed E-state index contributed by atoms with van der Waals surface area (Å²) in [7, 11) is 1.78. The van der Waals surface area contributed by atoms with E-state index in [0.29, 0.717) is 11.1 Å². The zero-order chi connectivity index (χ0) is 16.5. The van der Waals surface area contributed by atoms with E-state index in [2.05, 4.69) is 4.98 Å². The van der Waals surface area contributed by atoms with Gasteiger partial charge < -0.3 is 0 Å². The number of hydrogen-bond donors (Lipinski definition) is 0. The van der Waals surface area contributed by atoms with Crippen molar-refractivity contribution in [3.8, 4) is 10.4 Å². The number of aromatic nitrogens is 3. The molecule has 4 rings (SSSR count). The Kier molecular flexibility index (Phi) is 4.22. The lowest BCUT2D eigenvalue weighted by atomic mass is 10.2. The molecule has 120 valence electrons. The molecule has 0 aliphatic rings. The summed E-state index contributed by atoms with van der Waals surface area (Å²) in [5, 5.41) is 5.48. The van der Waals surface area contributed by atoms with E-state index < -0.39 is 0 Å². The fourth-order valence-corrected chi connectivity index (χ4v) is 5.11. The number of fused-ring (bicyclic) bond motifs is 1. The van der Waals surface area contributed by atoms with Gasteiger partial charge in [0.2, 0.25) is 0 Å². The maximum absolute atomic E-state index is 12.8. The number of hydrogen-bond acceptors (Lipinski definition) is 6. The molecular weight excluding hydrogens is 358 g/mol. The van der Waals surface area contributed by atoms with Gasteiger partial charge in [0, 0.05) is 34.8 Å². The largest absolute Gasteiger partial charge is 0.290 e. The van der Waals surface area contributed by atoms with E-state index in [0.717, 1.165) is 26.1 Å². The third kappa shape index (κ3) is 2.79. The number of rotatable bonds is 4. The number of nitrogens with zero attached hydrogens (tertiary/aromatic N) is 3. The minimum Gasteiger partial charge on any atom is -0.290 e. The molecule has 0 aliphatic carbocycles. The van der Waals surface area contributed by atoms with Crippen molar-refractivity contribution in [1.29, 1.82) is 0 Å². The Hall–Kier alpha value is -1.96. The van der Waals surface area contributed by atoms with Gasteiger partial charge in [-0.05, 0) is 23.6 Å². The fourth-order valence-electron chi connectivity index (χ4n) is 2.42. The summed E-state index contributed by atoms with van der Waals surface area (Å²) in [5.41, 5.74) is 1.97. The molecule has 0 bridgehead atoms. The highest BCUT2D eigenvalue weighted by atomic mass is 32.2. The zero-order valence-electron chi connectivity index (χ0n) is 12.8. The van der Waals surface area contributed by atoms with Gasteiger partial charge in [-0.3, -0.25) is 14.3 Å². The first-order chi connectivity index (χ1) is 11.7. The van der Waals surface area contributed by atoms with Gasteiger partial charge in [0.15, 0.2) is 5.16 Å². The molecule has 0 spiro atoms. The minimum atomic E-state index is 0.00757. The van der Waals surface area contributed by atoms with Crippen LogP contribution in [0.25, 0.3) is 20.7 Å². The van der Waals surface area contributed by atoms with E-state index in [4.69, 9.17) is 4.98 Å². The van der Waals surface area contributed by atoms with Gasteiger partial charge in [0.1, 0.15) is 4.83 Å². The van der Waals surface area contributed by atoms with Crippen molar-refractivity contribution in [2.45, 2.75) is 10.9 Å². The van der Waals surface area contributed by atoms with Crippen LogP contribution in [-0.2, 0) is 12.8 Å². The molecule has 4 heterocycles. The molecule has 4 aromatic heterocycles. The van der Waals surface area contributed by atoms with Gasteiger partial charge in [-0.1, -0.05) is 23.9 Å². The van der Waals surface area contributed by atoms with Crippen LogP contribution in [0.4, 0.5) is 0 Å². The number of thiophene rings is 2. The summed E-state index contributed by atoms with van der Waals surface area (Å²) >= 11 is 4.70. The van der Waals surface area contributed by atoms with Gasteiger partial charge in [-0.15, -0.1) is 22.7 Å². The monoisotopic (exact) mass is 371 g/mol. The first-order valence-corrected chi connectivity index (χ1v) is 10.0. The molecule has 4 nitrogen and oxygen atoms in total. The molecule has 4 aromatic rings. The summed E-state index contributed by atoms with van der Waals surface area (Å²) < 4.78 is 1.64. The van der Waals surface area contributed by atoms with Crippen molar-refractivity contribution in [2.75, 3.05) is 0 Å². The van der Waals surface area contributed by atoms with E-state index in [1.165, 1.54) is 23.1 Å². The maximum Gasteiger partial charge on any atom is 0.263 e. The third-order valence-corrected chi connectivity index (χ3v) is 6.47. The van der Waals surface area contributed by atoms with Crippen molar-refractivity contribution in [2.24, 2.45) is 7.05 Å². The second-order valence-electron chi connectivity index (χ2n) is 5.18. The van der Waals surface area contributed by atoms with Crippen LogP contribution in [0.2, 0.25) is 0 Å². The lowest BCUT2D eigenvalue weighted by Crippen LogP contribution is -2.19. The lowest BCUT2D eigenvalue weighted by Gasteiger charge is -2.07. The number of thioether (sulfide) groups is 1. The predicted octanol–water partition coefficient (Wildman–Crippen LogP) is 4.41.